The maximum Gasteiger partial charge on any atom is 0.425 e. The molecule has 1 aliphatic carbocycles. The molecule has 0 unspecified atom stereocenters. The number of aromatic nitrogens is 4. The van der Waals surface area contributed by atoms with Crippen molar-refractivity contribution in [3.8, 4) is 0 Å². The predicted octanol–water partition coefficient (Wildman–Crippen LogP) is 5.16. The van der Waals surface area contributed by atoms with Crippen molar-refractivity contribution in [3.63, 3.8) is 0 Å². The SMILES string of the molecule is CC(C)(C)OC(=O)N(C(=O)OC(C)(C)C)c1nc(F)nc2c1ccn2[C@@H]1O[C@@H]2[C@H](Cc3ccc4cc(F)c(N)nc4c3)CC[C@]2(O)[C@H]1O. The van der Waals surface area contributed by atoms with E-state index in [1.807, 2.05) is 6.07 Å². The standard InChI is InChI=1S/C33H38F2N6O7/c1-31(2,3)47-29(43)41(30(44)48-32(4,5)6)26-19-10-12-40(25(19)38-28(35)39-26)27-22(42)33(45)11-9-18(23(33)46-27)13-16-7-8-17-15-20(34)24(36)37-21(17)14-16/h7-8,10,12,14-15,18,22-23,27,42,45H,9,11,13H2,1-6H3,(H2,36,37)/t18-,22-,23+,27+,33-/m0/s1. The molecule has 1 saturated heterocycles. The van der Waals surface area contributed by atoms with Crippen LogP contribution in [-0.2, 0) is 20.6 Å². The number of pyridine rings is 1. The number of halogens is 2. The highest BCUT2D eigenvalue weighted by molar-refractivity contribution is 6.13. The van der Waals surface area contributed by atoms with Gasteiger partial charge in [-0.15, -0.1) is 0 Å². The zero-order chi connectivity index (χ0) is 34.9. The second-order valence-electron chi connectivity index (χ2n) is 14.3. The normalized spacial score (nSPS) is 24.2. The van der Waals surface area contributed by atoms with Gasteiger partial charge >= 0.3 is 18.3 Å². The highest BCUT2D eigenvalue weighted by atomic mass is 19.1. The first-order valence-electron chi connectivity index (χ1n) is 15.6. The number of nitrogens with two attached hydrogens (primary N) is 1. The molecule has 4 aromatic rings. The number of aliphatic hydroxyl groups is 2. The smallest absolute Gasteiger partial charge is 0.425 e. The van der Waals surface area contributed by atoms with Crippen LogP contribution in [0.25, 0.3) is 21.9 Å². The van der Waals surface area contributed by atoms with Crippen LogP contribution in [0, 0.1) is 17.8 Å². The number of nitrogen functional groups attached to an aromatic ring is 1. The molecule has 0 radical (unpaired) electrons. The van der Waals surface area contributed by atoms with Crippen LogP contribution < -0.4 is 10.6 Å². The van der Waals surface area contributed by atoms with E-state index in [2.05, 4.69) is 15.0 Å². The van der Waals surface area contributed by atoms with E-state index in [1.165, 1.54) is 22.9 Å². The fourth-order valence-electron chi connectivity index (χ4n) is 6.42. The first-order chi connectivity index (χ1) is 22.3. The summed E-state index contributed by atoms with van der Waals surface area (Å²) in [6.45, 7) is 9.62. The van der Waals surface area contributed by atoms with Gasteiger partial charge in [-0.25, -0.2) is 19.0 Å². The fourth-order valence-corrected chi connectivity index (χ4v) is 6.42. The summed E-state index contributed by atoms with van der Waals surface area (Å²) in [4.78, 5) is 38.9. The Bertz CT molecular complexity index is 1890. The number of rotatable bonds is 4. The number of ether oxygens (including phenoxy) is 3. The van der Waals surface area contributed by atoms with Crippen LogP contribution in [0.2, 0.25) is 0 Å². The minimum absolute atomic E-state index is 0.0592. The van der Waals surface area contributed by atoms with Crippen LogP contribution in [0.4, 0.5) is 30.0 Å². The Morgan fingerprint density at radius 3 is 2.38 bits per heavy atom. The summed E-state index contributed by atoms with van der Waals surface area (Å²) in [6, 6.07) is 8.13. The van der Waals surface area contributed by atoms with Gasteiger partial charge in [-0.2, -0.15) is 19.3 Å². The minimum atomic E-state index is -1.64. The average molecular weight is 669 g/mol. The molecule has 256 valence electrons. The molecule has 5 atom stereocenters. The van der Waals surface area contributed by atoms with E-state index in [4.69, 9.17) is 19.9 Å². The van der Waals surface area contributed by atoms with Gasteiger partial charge in [0.05, 0.1) is 17.0 Å². The molecule has 1 aliphatic heterocycles. The summed E-state index contributed by atoms with van der Waals surface area (Å²) in [5.74, 6) is -1.48. The molecular formula is C33H38F2N6O7. The van der Waals surface area contributed by atoms with E-state index in [0.29, 0.717) is 28.6 Å². The van der Waals surface area contributed by atoms with Gasteiger partial charge in [0, 0.05) is 11.6 Å². The van der Waals surface area contributed by atoms with Crippen LogP contribution in [0.5, 0.6) is 0 Å². The van der Waals surface area contributed by atoms with Crippen LogP contribution in [0.3, 0.4) is 0 Å². The highest BCUT2D eigenvalue weighted by Gasteiger charge is 2.61. The lowest BCUT2D eigenvalue weighted by molar-refractivity contribution is -0.0675. The third-order valence-electron chi connectivity index (χ3n) is 8.43. The third-order valence-corrected chi connectivity index (χ3v) is 8.43. The van der Waals surface area contributed by atoms with Crippen molar-refractivity contribution in [1.29, 1.82) is 0 Å². The van der Waals surface area contributed by atoms with Crippen LogP contribution in [0.15, 0.2) is 36.5 Å². The van der Waals surface area contributed by atoms with E-state index < -0.39 is 65.1 Å². The molecule has 2 fully saturated rings. The number of carbonyl (C=O) groups excluding carboxylic acids is 2. The molecule has 1 aromatic carbocycles. The maximum absolute atomic E-state index is 15.1. The lowest BCUT2D eigenvalue weighted by Crippen LogP contribution is -2.45. The van der Waals surface area contributed by atoms with Gasteiger partial charge in [0.15, 0.2) is 29.3 Å². The van der Waals surface area contributed by atoms with Gasteiger partial charge in [0.25, 0.3) is 0 Å². The second-order valence-corrected chi connectivity index (χ2v) is 14.3. The summed E-state index contributed by atoms with van der Waals surface area (Å²) in [5.41, 5.74) is 3.26. The Kier molecular flexibility index (Phi) is 8.08. The largest absolute Gasteiger partial charge is 0.443 e. The average Bonchev–Trinajstić information content (AvgIpc) is 3.58. The Balaban J connectivity index is 1.33. The number of carbonyl (C=O) groups is 2. The Morgan fingerprint density at radius 2 is 1.73 bits per heavy atom. The fraction of sp³-hybridized carbons (Fsp3) is 0.485. The maximum atomic E-state index is 15.1. The monoisotopic (exact) mass is 668 g/mol. The number of amides is 2. The van der Waals surface area contributed by atoms with E-state index >= 15 is 4.39 Å². The highest BCUT2D eigenvalue weighted by Crippen LogP contribution is 2.51. The summed E-state index contributed by atoms with van der Waals surface area (Å²) < 4.78 is 47.5. The van der Waals surface area contributed by atoms with Gasteiger partial charge in [0.1, 0.15) is 22.9 Å². The van der Waals surface area contributed by atoms with Crippen molar-refractivity contribution in [3.05, 3.63) is 54.0 Å². The summed E-state index contributed by atoms with van der Waals surface area (Å²) in [5, 5.41) is 23.8. The molecule has 2 amide bonds. The van der Waals surface area contributed by atoms with E-state index in [1.54, 1.807) is 53.7 Å². The van der Waals surface area contributed by atoms with Crippen molar-refractivity contribution in [1.82, 2.24) is 19.5 Å². The molecule has 15 heteroatoms. The molecule has 6 rings (SSSR count). The molecule has 4 heterocycles. The summed E-state index contributed by atoms with van der Waals surface area (Å²) in [7, 11) is 0. The molecular weight excluding hydrogens is 630 g/mol. The Hall–Kier alpha value is -4.47. The number of hydrogen-bond donors (Lipinski definition) is 3. The first kappa shape index (κ1) is 33.4. The van der Waals surface area contributed by atoms with Crippen molar-refractivity contribution in [2.45, 2.75) is 96.0 Å². The van der Waals surface area contributed by atoms with Crippen molar-refractivity contribution in [2.24, 2.45) is 5.92 Å². The third kappa shape index (κ3) is 6.13. The number of hydrogen-bond acceptors (Lipinski definition) is 11. The Morgan fingerprint density at radius 1 is 1.06 bits per heavy atom. The molecule has 48 heavy (non-hydrogen) atoms. The molecule has 0 bridgehead atoms. The molecule has 4 N–H and O–H groups in total. The van der Waals surface area contributed by atoms with Gasteiger partial charge in [-0.3, -0.25) is 0 Å². The van der Waals surface area contributed by atoms with Gasteiger partial charge in [0.2, 0.25) is 0 Å². The zero-order valence-corrected chi connectivity index (χ0v) is 27.4. The van der Waals surface area contributed by atoms with E-state index in [0.717, 1.165) is 5.56 Å². The molecule has 13 nitrogen and oxygen atoms in total. The summed E-state index contributed by atoms with van der Waals surface area (Å²) >= 11 is 0. The van der Waals surface area contributed by atoms with Crippen molar-refractivity contribution in [2.75, 3.05) is 10.6 Å². The van der Waals surface area contributed by atoms with Crippen LogP contribution >= 0.6 is 0 Å². The lowest BCUT2D eigenvalue weighted by Gasteiger charge is -2.28. The van der Waals surface area contributed by atoms with Crippen molar-refractivity contribution >= 4 is 45.8 Å². The van der Waals surface area contributed by atoms with Crippen molar-refractivity contribution < 1.29 is 42.8 Å². The van der Waals surface area contributed by atoms with E-state index in [9.17, 15) is 24.2 Å². The van der Waals surface area contributed by atoms with E-state index in [-0.39, 0.29) is 29.2 Å². The number of nitrogens with zero attached hydrogens (tertiary/aromatic N) is 5. The predicted molar refractivity (Wildman–Crippen MR) is 170 cm³/mol. The molecule has 3 aromatic heterocycles. The lowest BCUT2D eigenvalue weighted by atomic mass is 9.90. The number of fused-ring (bicyclic) bond motifs is 3. The molecule has 0 spiro atoms. The number of anilines is 2. The molecule has 1 saturated carbocycles. The number of aliphatic hydroxyl groups excluding tert-OH is 1. The van der Waals surface area contributed by atoms with Crippen LogP contribution in [0.1, 0.15) is 66.2 Å². The molecule has 2 aliphatic rings. The Labute approximate surface area is 274 Å². The van der Waals surface area contributed by atoms with Gasteiger partial charge < -0.3 is 34.7 Å². The van der Waals surface area contributed by atoms with Gasteiger partial charge in [-0.1, -0.05) is 12.1 Å². The summed E-state index contributed by atoms with van der Waals surface area (Å²) in [6.07, 6.45) is -4.38. The quantitative estimate of drug-likeness (QED) is 0.245. The topological polar surface area (TPSA) is 175 Å². The first-order valence-corrected chi connectivity index (χ1v) is 15.6. The minimum Gasteiger partial charge on any atom is -0.443 e. The zero-order valence-electron chi connectivity index (χ0n) is 27.4. The second kappa shape index (κ2) is 11.6. The number of imide groups is 1. The van der Waals surface area contributed by atoms with Gasteiger partial charge in [-0.05, 0) is 90.5 Å². The van der Waals surface area contributed by atoms with Crippen LogP contribution in [-0.4, -0.2) is 70.9 Å². The number of benzene rings is 1.